The zero-order valence-corrected chi connectivity index (χ0v) is 14.0. The number of hydrogen-bond acceptors (Lipinski definition) is 1. The number of fused-ring (bicyclic) bond motifs is 2. The van der Waals surface area contributed by atoms with Crippen LogP contribution < -0.4 is 5.32 Å². The SMILES string of the molecule is CCCNC(Cc1ccccc1Br)C1CC2CCC1C2. The fourth-order valence-corrected chi connectivity index (χ4v) is 4.84. The average Bonchev–Trinajstić information content (AvgIpc) is 3.08. The van der Waals surface area contributed by atoms with Gasteiger partial charge in [-0.1, -0.05) is 47.5 Å². The quantitative estimate of drug-likeness (QED) is 0.787. The summed E-state index contributed by atoms with van der Waals surface area (Å²) in [5, 5.41) is 3.85. The van der Waals surface area contributed by atoms with E-state index in [2.05, 4.69) is 52.4 Å². The number of halogens is 1. The van der Waals surface area contributed by atoms with Crippen molar-refractivity contribution >= 4 is 15.9 Å². The maximum absolute atomic E-state index is 3.85. The third-order valence-corrected chi connectivity index (χ3v) is 6.14. The van der Waals surface area contributed by atoms with Crippen LogP contribution in [0.2, 0.25) is 0 Å². The van der Waals surface area contributed by atoms with Gasteiger partial charge in [0, 0.05) is 10.5 Å². The van der Waals surface area contributed by atoms with Gasteiger partial charge in [-0.25, -0.2) is 0 Å². The summed E-state index contributed by atoms with van der Waals surface area (Å²) in [5.74, 6) is 2.94. The van der Waals surface area contributed by atoms with Crippen molar-refractivity contribution in [1.82, 2.24) is 5.32 Å². The van der Waals surface area contributed by atoms with Gasteiger partial charge in [0.05, 0.1) is 0 Å². The standard InChI is InChI=1S/C18H26BrN/c1-2-9-20-18(12-15-5-3-4-6-17(15)19)16-11-13-7-8-14(16)10-13/h3-6,13-14,16,18,20H,2,7-12H2,1H3. The predicted molar refractivity (Wildman–Crippen MR) is 88.9 cm³/mol. The predicted octanol–water partition coefficient (Wildman–Crippen LogP) is 4.80. The van der Waals surface area contributed by atoms with Crippen LogP contribution in [0.3, 0.4) is 0 Å². The van der Waals surface area contributed by atoms with Crippen molar-refractivity contribution in [3.05, 3.63) is 34.3 Å². The number of benzene rings is 1. The van der Waals surface area contributed by atoms with Gasteiger partial charge in [0.25, 0.3) is 0 Å². The van der Waals surface area contributed by atoms with Gasteiger partial charge in [-0.05, 0) is 68.0 Å². The minimum Gasteiger partial charge on any atom is -0.313 e. The van der Waals surface area contributed by atoms with Crippen molar-refractivity contribution in [2.45, 2.75) is 51.5 Å². The molecule has 2 fully saturated rings. The first kappa shape index (κ1) is 14.6. The Bertz CT molecular complexity index is 445. The van der Waals surface area contributed by atoms with E-state index in [1.54, 1.807) is 0 Å². The maximum Gasteiger partial charge on any atom is 0.0207 e. The summed E-state index contributed by atoms with van der Waals surface area (Å²) in [6.07, 6.45) is 8.36. The first-order chi connectivity index (χ1) is 9.78. The molecule has 4 atom stereocenters. The van der Waals surface area contributed by atoms with Gasteiger partial charge in [0.1, 0.15) is 0 Å². The third kappa shape index (κ3) is 3.12. The van der Waals surface area contributed by atoms with Gasteiger partial charge in [-0.15, -0.1) is 0 Å². The molecule has 20 heavy (non-hydrogen) atoms. The van der Waals surface area contributed by atoms with E-state index in [1.165, 1.54) is 48.6 Å². The lowest BCUT2D eigenvalue weighted by Crippen LogP contribution is -2.40. The summed E-state index contributed by atoms with van der Waals surface area (Å²) in [7, 11) is 0. The average molecular weight is 336 g/mol. The summed E-state index contributed by atoms with van der Waals surface area (Å²) in [6, 6.07) is 9.39. The Morgan fingerprint density at radius 3 is 2.75 bits per heavy atom. The Morgan fingerprint density at radius 2 is 2.10 bits per heavy atom. The van der Waals surface area contributed by atoms with E-state index in [0.29, 0.717) is 6.04 Å². The second-order valence-electron chi connectivity index (χ2n) is 6.69. The van der Waals surface area contributed by atoms with Gasteiger partial charge in [0.15, 0.2) is 0 Å². The lowest BCUT2D eigenvalue weighted by atomic mass is 9.81. The first-order valence-corrected chi connectivity index (χ1v) is 9.04. The van der Waals surface area contributed by atoms with E-state index in [1.807, 2.05) is 0 Å². The van der Waals surface area contributed by atoms with E-state index in [9.17, 15) is 0 Å². The van der Waals surface area contributed by atoms with E-state index in [-0.39, 0.29) is 0 Å². The van der Waals surface area contributed by atoms with E-state index in [0.717, 1.165) is 24.3 Å². The van der Waals surface area contributed by atoms with Crippen molar-refractivity contribution in [2.24, 2.45) is 17.8 Å². The Hall–Kier alpha value is -0.340. The summed E-state index contributed by atoms with van der Waals surface area (Å²) in [5.41, 5.74) is 1.46. The topological polar surface area (TPSA) is 12.0 Å². The molecule has 0 aliphatic heterocycles. The van der Waals surface area contributed by atoms with Gasteiger partial charge in [-0.3, -0.25) is 0 Å². The summed E-state index contributed by atoms with van der Waals surface area (Å²) < 4.78 is 1.27. The van der Waals surface area contributed by atoms with Crippen molar-refractivity contribution in [1.29, 1.82) is 0 Å². The molecule has 1 nitrogen and oxygen atoms in total. The molecule has 110 valence electrons. The van der Waals surface area contributed by atoms with Gasteiger partial charge >= 0.3 is 0 Å². The minimum atomic E-state index is 0.670. The van der Waals surface area contributed by atoms with Crippen molar-refractivity contribution in [2.75, 3.05) is 6.54 Å². The van der Waals surface area contributed by atoms with Crippen LogP contribution in [0.25, 0.3) is 0 Å². The molecule has 0 spiro atoms. The zero-order chi connectivity index (χ0) is 13.9. The Morgan fingerprint density at radius 1 is 1.25 bits per heavy atom. The summed E-state index contributed by atoms with van der Waals surface area (Å²) in [4.78, 5) is 0. The molecule has 2 aliphatic carbocycles. The molecule has 4 unspecified atom stereocenters. The van der Waals surface area contributed by atoms with E-state index in [4.69, 9.17) is 0 Å². The molecule has 0 saturated heterocycles. The van der Waals surface area contributed by atoms with Crippen molar-refractivity contribution in [3.63, 3.8) is 0 Å². The number of rotatable bonds is 6. The van der Waals surface area contributed by atoms with Gasteiger partial charge < -0.3 is 5.32 Å². The van der Waals surface area contributed by atoms with E-state index < -0.39 is 0 Å². The molecule has 2 bridgehead atoms. The fraction of sp³-hybridized carbons (Fsp3) is 0.667. The molecule has 0 heterocycles. The normalized spacial score (nSPS) is 29.8. The molecule has 2 aliphatic rings. The first-order valence-electron chi connectivity index (χ1n) is 8.24. The molecular formula is C18H26BrN. The highest BCUT2D eigenvalue weighted by atomic mass is 79.9. The van der Waals surface area contributed by atoms with E-state index >= 15 is 0 Å². The molecule has 2 saturated carbocycles. The monoisotopic (exact) mass is 335 g/mol. The van der Waals surface area contributed by atoms with Gasteiger partial charge in [0.2, 0.25) is 0 Å². The van der Waals surface area contributed by atoms with Crippen molar-refractivity contribution in [3.8, 4) is 0 Å². The Balaban J connectivity index is 1.71. The third-order valence-electron chi connectivity index (χ3n) is 5.36. The molecule has 0 amide bonds. The van der Waals surface area contributed by atoms with Crippen LogP contribution in [0.1, 0.15) is 44.6 Å². The van der Waals surface area contributed by atoms with Gasteiger partial charge in [-0.2, -0.15) is 0 Å². The molecule has 0 aromatic heterocycles. The highest BCUT2D eigenvalue weighted by Crippen LogP contribution is 2.50. The van der Waals surface area contributed by atoms with Crippen LogP contribution in [0.4, 0.5) is 0 Å². The molecular weight excluding hydrogens is 310 g/mol. The fourth-order valence-electron chi connectivity index (χ4n) is 4.39. The number of hydrogen-bond donors (Lipinski definition) is 1. The Kier molecular flexibility index (Phi) is 4.83. The van der Waals surface area contributed by atoms with Crippen LogP contribution in [0.5, 0.6) is 0 Å². The molecule has 1 aromatic rings. The summed E-state index contributed by atoms with van der Waals surface area (Å²) in [6.45, 7) is 3.42. The molecule has 1 aromatic carbocycles. The van der Waals surface area contributed by atoms with Crippen LogP contribution in [-0.4, -0.2) is 12.6 Å². The number of nitrogens with one attached hydrogen (secondary N) is 1. The highest BCUT2D eigenvalue weighted by Gasteiger charge is 2.42. The van der Waals surface area contributed by atoms with Crippen molar-refractivity contribution < 1.29 is 0 Å². The molecule has 2 heteroatoms. The van der Waals surface area contributed by atoms with Crippen LogP contribution in [-0.2, 0) is 6.42 Å². The highest BCUT2D eigenvalue weighted by molar-refractivity contribution is 9.10. The maximum atomic E-state index is 3.85. The minimum absolute atomic E-state index is 0.670. The lowest BCUT2D eigenvalue weighted by Gasteiger charge is -2.32. The summed E-state index contributed by atoms with van der Waals surface area (Å²) >= 11 is 3.71. The molecule has 3 rings (SSSR count). The second kappa shape index (κ2) is 6.62. The molecule has 1 N–H and O–H groups in total. The van der Waals surface area contributed by atoms with Crippen LogP contribution in [0.15, 0.2) is 28.7 Å². The van der Waals surface area contributed by atoms with Crippen LogP contribution in [0, 0.1) is 17.8 Å². The zero-order valence-electron chi connectivity index (χ0n) is 12.4. The smallest absolute Gasteiger partial charge is 0.0207 e. The Labute approximate surface area is 131 Å². The lowest BCUT2D eigenvalue weighted by molar-refractivity contribution is 0.246. The largest absolute Gasteiger partial charge is 0.313 e. The molecule has 0 radical (unpaired) electrons. The second-order valence-corrected chi connectivity index (χ2v) is 7.55. The van der Waals surface area contributed by atoms with Crippen LogP contribution >= 0.6 is 15.9 Å².